The van der Waals surface area contributed by atoms with Crippen molar-refractivity contribution in [2.24, 2.45) is 11.3 Å². The van der Waals surface area contributed by atoms with Gasteiger partial charge in [-0.05, 0) is 42.0 Å². The number of benzene rings is 1. The van der Waals surface area contributed by atoms with Crippen LogP contribution in [0.15, 0.2) is 23.1 Å². The first-order chi connectivity index (χ1) is 8.56. The lowest BCUT2D eigenvalue weighted by molar-refractivity contribution is 0.252. The van der Waals surface area contributed by atoms with Crippen LogP contribution in [-0.2, 0) is 10.0 Å². The van der Waals surface area contributed by atoms with Gasteiger partial charge in [-0.25, -0.2) is 13.1 Å². The normalized spacial score (nSPS) is 12.9. The summed E-state index contributed by atoms with van der Waals surface area (Å²) >= 11 is 0. The van der Waals surface area contributed by atoms with Crippen molar-refractivity contribution in [1.29, 1.82) is 0 Å². The maximum absolute atomic E-state index is 12.2. The van der Waals surface area contributed by atoms with E-state index >= 15 is 0 Å². The number of rotatable bonds is 5. The number of sulfonamides is 1. The van der Waals surface area contributed by atoms with Crippen LogP contribution in [0.3, 0.4) is 0 Å². The van der Waals surface area contributed by atoms with E-state index in [9.17, 15) is 8.42 Å². The molecule has 19 heavy (non-hydrogen) atoms. The molecule has 1 aromatic carbocycles. The minimum Gasteiger partial charge on any atom is -0.399 e. The van der Waals surface area contributed by atoms with Crippen LogP contribution in [0.2, 0.25) is 0 Å². The summed E-state index contributed by atoms with van der Waals surface area (Å²) in [5, 5.41) is 0. The van der Waals surface area contributed by atoms with Gasteiger partial charge in [0.15, 0.2) is 0 Å². The Labute approximate surface area is 116 Å². The van der Waals surface area contributed by atoms with Gasteiger partial charge in [0.1, 0.15) is 0 Å². The van der Waals surface area contributed by atoms with Crippen LogP contribution in [0.25, 0.3) is 0 Å². The van der Waals surface area contributed by atoms with Gasteiger partial charge in [-0.15, -0.1) is 0 Å². The monoisotopic (exact) mass is 284 g/mol. The van der Waals surface area contributed by atoms with Crippen LogP contribution in [0.1, 0.15) is 33.3 Å². The van der Waals surface area contributed by atoms with E-state index in [1.807, 2.05) is 0 Å². The summed E-state index contributed by atoms with van der Waals surface area (Å²) in [6, 6.07) is 4.75. The van der Waals surface area contributed by atoms with Crippen molar-refractivity contribution in [3.8, 4) is 0 Å². The number of nitrogens with one attached hydrogen (secondary N) is 1. The Morgan fingerprint density at radius 1 is 1.32 bits per heavy atom. The molecule has 0 amide bonds. The largest absolute Gasteiger partial charge is 0.399 e. The van der Waals surface area contributed by atoms with E-state index in [0.717, 1.165) is 5.56 Å². The first-order valence-corrected chi connectivity index (χ1v) is 7.90. The van der Waals surface area contributed by atoms with Crippen LogP contribution < -0.4 is 10.5 Å². The van der Waals surface area contributed by atoms with Crippen LogP contribution in [0.4, 0.5) is 5.69 Å². The fourth-order valence-corrected chi connectivity index (χ4v) is 2.69. The van der Waals surface area contributed by atoms with Crippen LogP contribution >= 0.6 is 0 Å². The second kappa shape index (κ2) is 5.51. The summed E-state index contributed by atoms with van der Waals surface area (Å²) in [5.41, 5.74) is 6.98. The summed E-state index contributed by atoms with van der Waals surface area (Å²) in [6.45, 7) is 10.5. The van der Waals surface area contributed by atoms with E-state index in [0.29, 0.717) is 18.2 Å². The Kier molecular flexibility index (Phi) is 4.63. The number of anilines is 1. The molecule has 0 saturated carbocycles. The third-order valence-corrected chi connectivity index (χ3v) is 5.23. The molecule has 1 aromatic rings. The molecular formula is C14H24N2O2S. The Hall–Kier alpha value is -1.07. The number of hydrogen-bond donors (Lipinski definition) is 2. The predicted molar refractivity (Wildman–Crippen MR) is 79.4 cm³/mol. The van der Waals surface area contributed by atoms with Gasteiger partial charge in [-0.2, -0.15) is 0 Å². The van der Waals surface area contributed by atoms with Gasteiger partial charge in [0.2, 0.25) is 10.0 Å². The number of hydrogen-bond acceptors (Lipinski definition) is 3. The van der Waals surface area contributed by atoms with Gasteiger partial charge in [-0.3, -0.25) is 0 Å². The lowest BCUT2D eigenvalue weighted by Crippen LogP contribution is -2.36. The number of nitrogen functional groups attached to an aromatic ring is 1. The average Bonchev–Trinajstić information content (AvgIpc) is 2.30. The van der Waals surface area contributed by atoms with Crippen molar-refractivity contribution < 1.29 is 8.42 Å². The Morgan fingerprint density at radius 3 is 2.37 bits per heavy atom. The molecule has 5 heteroatoms. The molecule has 108 valence electrons. The van der Waals surface area contributed by atoms with E-state index in [2.05, 4.69) is 32.4 Å². The molecule has 0 aliphatic carbocycles. The van der Waals surface area contributed by atoms with Gasteiger partial charge in [0, 0.05) is 12.2 Å². The van der Waals surface area contributed by atoms with Crippen molar-refractivity contribution in [2.75, 3.05) is 12.3 Å². The molecular weight excluding hydrogens is 260 g/mol. The molecule has 0 aliphatic heterocycles. The SMILES string of the molecule is Cc1cc(S(=O)(=O)NCC(C)(C)C(C)C)ccc1N. The zero-order valence-corrected chi connectivity index (χ0v) is 13.1. The minimum absolute atomic E-state index is 0.0874. The number of aryl methyl sites for hydroxylation is 1. The van der Waals surface area contributed by atoms with Crippen molar-refractivity contribution in [2.45, 2.75) is 39.5 Å². The highest BCUT2D eigenvalue weighted by molar-refractivity contribution is 7.89. The molecule has 4 nitrogen and oxygen atoms in total. The summed E-state index contributed by atoms with van der Waals surface area (Å²) in [7, 11) is -3.47. The van der Waals surface area contributed by atoms with Crippen molar-refractivity contribution >= 4 is 15.7 Å². The molecule has 0 spiro atoms. The van der Waals surface area contributed by atoms with Crippen molar-refractivity contribution in [3.63, 3.8) is 0 Å². The molecule has 0 unspecified atom stereocenters. The Balaban J connectivity index is 2.90. The predicted octanol–water partition coefficient (Wildman–Crippen LogP) is 2.54. The Morgan fingerprint density at radius 2 is 1.89 bits per heavy atom. The van der Waals surface area contributed by atoms with Gasteiger partial charge in [-0.1, -0.05) is 27.7 Å². The van der Waals surface area contributed by atoms with E-state index in [4.69, 9.17) is 5.73 Å². The van der Waals surface area contributed by atoms with E-state index in [1.54, 1.807) is 19.1 Å². The van der Waals surface area contributed by atoms with Crippen molar-refractivity contribution in [1.82, 2.24) is 4.72 Å². The highest BCUT2D eigenvalue weighted by Gasteiger charge is 2.25. The summed E-state index contributed by atoms with van der Waals surface area (Å²) < 4.78 is 27.1. The van der Waals surface area contributed by atoms with Crippen LogP contribution in [0, 0.1) is 18.3 Å². The van der Waals surface area contributed by atoms with Gasteiger partial charge in [0.25, 0.3) is 0 Å². The van der Waals surface area contributed by atoms with E-state index < -0.39 is 10.0 Å². The van der Waals surface area contributed by atoms with Gasteiger partial charge < -0.3 is 5.73 Å². The molecule has 0 aliphatic rings. The van der Waals surface area contributed by atoms with Crippen LogP contribution in [-0.4, -0.2) is 15.0 Å². The maximum Gasteiger partial charge on any atom is 0.240 e. The molecule has 0 bridgehead atoms. The molecule has 1 rings (SSSR count). The standard InChI is InChI=1S/C14H24N2O2S/c1-10(2)14(4,5)9-16-19(17,18)12-6-7-13(15)11(3)8-12/h6-8,10,16H,9,15H2,1-5H3. The van der Waals surface area contributed by atoms with Crippen molar-refractivity contribution in [3.05, 3.63) is 23.8 Å². The zero-order chi connectivity index (χ0) is 14.8. The molecule has 0 radical (unpaired) electrons. The second-order valence-electron chi connectivity index (χ2n) is 5.99. The fraction of sp³-hybridized carbons (Fsp3) is 0.571. The van der Waals surface area contributed by atoms with Gasteiger partial charge >= 0.3 is 0 Å². The molecule has 3 N–H and O–H groups in total. The van der Waals surface area contributed by atoms with E-state index in [-0.39, 0.29) is 10.3 Å². The van der Waals surface area contributed by atoms with Gasteiger partial charge in [0.05, 0.1) is 4.90 Å². The Bertz CT molecular complexity index is 549. The first-order valence-electron chi connectivity index (χ1n) is 6.42. The first kappa shape index (κ1) is 16.0. The smallest absolute Gasteiger partial charge is 0.240 e. The third-order valence-electron chi connectivity index (χ3n) is 3.83. The minimum atomic E-state index is -3.47. The maximum atomic E-state index is 12.2. The fourth-order valence-electron chi connectivity index (χ4n) is 1.38. The molecule has 0 fully saturated rings. The zero-order valence-electron chi connectivity index (χ0n) is 12.3. The average molecular weight is 284 g/mol. The third kappa shape index (κ3) is 3.94. The summed E-state index contributed by atoms with van der Waals surface area (Å²) in [6.07, 6.45) is 0. The number of nitrogens with two attached hydrogens (primary N) is 1. The molecule has 0 atom stereocenters. The van der Waals surface area contributed by atoms with E-state index in [1.165, 1.54) is 6.07 Å². The quantitative estimate of drug-likeness (QED) is 0.816. The molecule has 0 aromatic heterocycles. The highest BCUT2D eigenvalue weighted by atomic mass is 32.2. The lowest BCUT2D eigenvalue weighted by Gasteiger charge is -2.29. The summed E-state index contributed by atoms with van der Waals surface area (Å²) in [5.74, 6) is 0.392. The summed E-state index contributed by atoms with van der Waals surface area (Å²) in [4.78, 5) is 0.263. The molecule has 0 heterocycles. The molecule has 0 saturated heterocycles. The van der Waals surface area contributed by atoms with Crippen LogP contribution in [0.5, 0.6) is 0 Å². The topological polar surface area (TPSA) is 72.2 Å². The lowest BCUT2D eigenvalue weighted by atomic mass is 9.81. The highest BCUT2D eigenvalue weighted by Crippen LogP contribution is 2.25. The second-order valence-corrected chi connectivity index (χ2v) is 7.75.